The van der Waals surface area contributed by atoms with Crippen LogP contribution in [-0.4, -0.2) is 45.8 Å². The van der Waals surface area contributed by atoms with Crippen LogP contribution in [0.15, 0.2) is 30.3 Å². The van der Waals surface area contributed by atoms with Crippen LogP contribution in [0.5, 0.6) is 0 Å². The summed E-state index contributed by atoms with van der Waals surface area (Å²) in [6.45, 7) is 3.43. The average Bonchev–Trinajstić information content (AvgIpc) is 2.79. The molecule has 2 heterocycles. The summed E-state index contributed by atoms with van der Waals surface area (Å²) >= 11 is 0. The minimum absolute atomic E-state index is 0.0592. The third-order valence-corrected chi connectivity index (χ3v) is 4.02. The van der Waals surface area contributed by atoms with Crippen LogP contribution in [0.4, 0.5) is 10.6 Å². The fourth-order valence-electron chi connectivity index (χ4n) is 2.79. The molecular weight excluding hydrogens is 308 g/mol. The van der Waals surface area contributed by atoms with E-state index < -0.39 is 6.03 Å². The van der Waals surface area contributed by atoms with Gasteiger partial charge in [-0.1, -0.05) is 12.1 Å². The van der Waals surface area contributed by atoms with E-state index in [2.05, 4.69) is 10.4 Å². The standard InChI is InChI=1S/C16H20N6O2/c1-10-5-14(17)20-22(10)7-11-3-2-4-12(6-11)15(23)21-8-13(9-21)19-16(18)24/h2-6,13H,7-9H2,1H3,(H2,17,20)(H3,18,19,24). The number of nitrogens with two attached hydrogens (primary N) is 2. The van der Waals surface area contributed by atoms with Crippen molar-refractivity contribution in [3.8, 4) is 0 Å². The first-order chi connectivity index (χ1) is 11.4. The van der Waals surface area contributed by atoms with E-state index in [1.54, 1.807) is 21.7 Å². The molecule has 126 valence electrons. The number of primary amides is 1. The van der Waals surface area contributed by atoms with E-state index in [0.29, 0.717) is 31.0 Å². The minimum Gasteiger partial charge on any atom is -0.382 e. The van der Waals surface area contributed by atoms with Gasteiger partial charge >= 0.3 is 6.03 Å². The molecule has 0 spiro atoms. The summed E-state index contributed by atoms with van der Waals surface area (Å²) in [5, 5.41) is 6.82. The number of rotatable bonds is 4. The van der Waals surface area contributed by atoms with Crippen LogP contribution < -0.4 is 16.8 Å². The molecule has 1 aliphatic heterocycles. The topological polar surface area (TPSA) is 119 Å². The molecule has 1 saturated heterocycles. The fourth-order valence-corrected chi connectivity index (χ4v) is 2.79. The number of nitrogen functional groups attached to an aromatic ring is 1. The molecule has 0 saturated carbocycles. The van der Waals surface area contributed by atoms with Crippen LogP contribution in [0.25, 0.3) is 0 Å². The number of aryl methyl sites for hydroxylation is 1. The Balaban J connectivity index is 1.66. The molecule has 1 aromatic carbocycles. The molecule has 8 nitrogen and oxygen atoms in total. The Labute approximate surface area is 139 Å². The molecule has 3 amide bonds. The molecule has 5 N–H and O–H groups in total. The average molecular weight is 328 g/mol. The van der Waals surface area contributed by atoms with Crippen molar-refractivity contribution in [2.75, 3.05) is 18.8 Å². The Morgan fingerprint density at radius 3 is 2.71 bits per heavy atom. The van der Waals surface area contributed by atoms with E-state index in [4.69, 9.17) is 11.5 Å². The Morgan fingerprint density at radius 1 is 1.33 bits per heavy atom. The fraction of sp³-hybridized carbons (Fsp3) is 0.312. The number of likely N-dealkylation sites (tertiary alicyclic amines) is 1. The molecule has 3 rings (SSSR count). The van der Waals surface area contributed by atoms with Gasteiger partial charge in [0.1, 0.15) is 5.82 Å². The summed E-state index contributed by atoms with van der Waals surface area (Å²) in [4.78, 5) is 24.9. The molecule has 2 aromatic rings. The van der Waals surface area contributed by atoms with Crippen LogP contribution in [0.2, 0.25) is 0 Å². The maximum absolute atomic E-state index is 12.5. The lowest BCUT2D eigenvalue weighted by atomic mass is 10.0. The van der Waals surface area contributed by atoms with Gasteiger partial charge in [0.2, 0.25) is 0 Å². The van der Waals surface area contributed by atoms with Crippen LogP contribution in [0.1, 0.15) is 21.6 Å². The van der Waals surface area contributed by atoms with Crippen molar-refractivity contribution in [3.05, 3.63) is 47.2 Å². The second kappa shape index (κ2) is 6.23. The zero-order valence-corrected chi connectivity index (χ0v) is 13.4. The van der Waals surface area contributed by atoms with Gasteiger partial charge in [0.05, 0.1) is 12.6 Å². The van der Waals surface area contributed by atoms with E-state index in [9.17, 15) is 9.59 Å². The third kappa shape index (κ3) is 3.32. The monoisotopic (exact) mass is 328 g/mol. The Morgan fingerprint density at radius 2 is 2.08 bits per heavy atom. The van der Waals surface area contributed by atoms with Crippen LogP contribution in [0, 0.1) is 6.92 Å². The van der Waals surface area contributed by atoms with Gasteiger partial charge in [0.25, 0.3) is 5.91 Å². The zero-order chi connectivity index (χ0) is 17.3. The first-order valence-corrected chi connectivity index (χ1v) is 7.66. The number of carbonyl (C=O) groups excluding carboxylic acids is 2. The maximum atomic E-state index is 12.5. The van der Waals surface area contributed by atoms with Crippen molar-refractivity contribution in [1.82, 2.24) is 20.0 Å². The summed E-state index contributed by atoms with van der Waals surface area (Å²) in [6, 6.07) is 8.61. The van der Waals surface area contributed by atoms with E-state index >= 15 is 0 Å². The first-order valence-electron chi connectivity index (χ1n) is 7.66. The molecule has 0 radical (unpaired) electrons. The molecule has 24 heavy (non-hydrogen) atoms. The highest BCUT2D eigenvalue weighted by Gasteiger charge is 2.31. The van der Waals surface area contributed by atoms with Gasteiger partial charge in [-0.25, -0.2) is 4.79 Å². The quantitative estimate of drug-likeness (QED) is 0.748. The van der Waals surface area contributed by atoms with Crippen molar-refractivity contribution >= 4 is 17.8 Å². The number of carbonyl (C=O) groups is 2. The maximum Gasteiger partial charge on any atom is 0.312 e. The molecule has 0 unspecified atom stereocenters. The number of aromatic nitrogens is 2. The summed E-state index contributed by atoms with van der Waals surface area (Å²) in [5.41, 5.74) is 13.3. The van der Waals surface area contributed by atoms with Gasteiger partial charge in [0, 0.05) is 30.4 Å². The lowest BCUT2D eigenvalue weighted by Crippen LogP contribution is -2.61. The highest BCUT2D eigenvalue weighted by atomic mass is 16.2. The smallest absolute Gasteiger partial charge is 0.312 e. The molecule has 1 aliphatic rings. The molecule has 0 aliphatic carbocycles. The Bertz CT molecular complexity index is 779. The van der Waals surface area contributed by atoms with Gasteiger partial charge in [-0.15, -0.1) is 0 Å². The second-order valence-electron chi connectivity index (χ2n) is 5.98. The third-order valence-electron chi connectivity index (χ3n) is 4.02. The molecule has 0 atom stereocenters. The summed E-state index contributed by atoms with van der Waals surface area (Å²) < 4.78 is 1.80. The van der Waals surface area contributed by atoms with E-state index in [1.165, 1.54) is 0 Å². The van der Waals surface area contributed by atoms with Crippen LogP contribution >= 0.6 is 0 Å². The normalized spacial score (nSPS) is 14.3. The summed E-state index contributed by atoms with van der Waals surface area (Å²) in [7, 11) is 0. The number of hydrogen-bond donors (Lipinski definition) is 3. The summed E-state index contributed by atoms with van der Waals surface area (Å²) in [5.74, 6) is 0.421. The highest BCUT2D eigenvalue weighted by molar-refractivity contribution is 5.95. The molecule has 1 fully saturated rings. The van der Waals surface area contributed by atoms with E-state index in [-0.39, 0.29) is 11.9 Å². The van der Waals surface area contributed by atoms with Crippen molar-refractivity contribution in [2.45, 2.75) is 19.5 Å². The Kier molecular flexibility index (Phi) is 4.11. The second-order valence-corrected chi connectivity index (χ2v) is 5.98. The number of urea groups is 1. The largest absolute Gasteiger partial charge is 0.382 e. The Hall–Kier alpha value is -3.03. The van der Waals surface area contributed by atoms with Crippen LogP contribution in [-0.2, 0) is 6.54 Å². The van der Waals surface area contributed by atoms with E-state index in [0.717, 1.165) is 11.3 Å². The van der Waals surface area contributed by atoms with Gasteiger partial charge < -0.3 is 21.7 Å². The van der Waals surface area contributed by atoms with Gasteiger partial charge in [-0.2, -0.15) is 5.10 Å². The number of nitrogens with one attached hydrogen (secondary N) is 1. The highest BCUT2D eigenvalue weighted by Crippen LogP contribution is 2.16. The van der Waals surface area contributed by atoms with Gasteiger partial charge in [0.15, 0.2) is 0 Å². The molecule has 0 bridgehead atoms. The van der Waals surface area contributed by atoms with Crippen molar-refractivity contribution < 1.29 is 9.59 Å². The first kappa shape index (κ1) is 15.9. The number of amides is 3. The SMILES string of the molecule is Cc1cc(N)nn1Cc1cccc(C(=O)N2CC(NC(N)=O)C2)c1. The minimum atomic E-state index is -0.567. The van der Waals surface area contributed by atoms with Gasteiger partial charge in [-0.3, -0.25) is 9.48 Å². The molecule has 1 aromatic heterocycles. The number of benzene rings is 1. The van der Waals surface area contributed by atoms with Crippen molar-refractivity contribution in [2.24, 2.45) is 5.73 Å². The predicted molar refractivity (Wildman–Crippen MR) is 89.3 cm³/mol. The van der Waals surface area contributed by atoms with Crippen LogP contribution in [0.3, 0.4) is 0 Å². The van der Waals surface area contributed by atoms with Crippen molar-refractivity contribution in [3.63, 3.8) is 0 Å². The molecular formula is C16H20N6O2. The number of hydrogen-bond acceptors (Lipinski definition) is 4. The van der Waals surface area contributed by atoms with Gasteiger partial charge in [-0.05, 0) is 24.6 Å². The lowest BCUT2D eigenvalue weighted by molar-refractivity contribution is 0.0579. The predicted octanol–water partition coefficient (Wildman–Crippen LogP) is 0.315. The molecule has 8 heteroatoms. The summed E-state index contributed by atoms with van der Waals surface area (Å²) in [6.07, 6.45) is 0. The zero-order valence-electron chi connectivity index (χ0n) is 13.4. The lowest BCUT2D eigenvalue weighted by Gasteiger charge is -2.39. The number of anilines is 1. The number of nitrogens with zero attached hydrogens (tertiary/aromatic N) is 3. The van der Waals surface area contributed by atoms with E-state index in [1.807, 2.05) is 25.1 Å². The van der Waals surface area contributed by atoms with Crippen molar-refractivity contribution in [1.29, 1.82) is 0 Å².